The van der Waals surface area contributed by atoms with Crippen LogP contribution in [-0.4, -0.2) is 36.4 Å². The second kappa shape index (κ2) is 9.04. The molecule has 0 radical (unpaired) electrons. The van der Waals surface area contributed by atoms with Gasteiger partial charge in [-0.25, -0.2) is 13.9 Å². The third kappa shape index (κ3) is 4.72. The smallest absolute Gasteiger partial charge is 0.261 e. The maximum absolute atomic E-state index is 13.1. The van der Waals surface area contributed by atoms with Gasteiger partial charge in [0, 0.05) is 11.0 Å². The van der Waals surface area contributed by atoms with Crippen LogP contribution in [0.2, 0.25) is 0 Å². The molecule has 1 heterocycles. The number of sulfonamides is 1. The molecule has 1 aliphatic heterocycles. The largest absolute Gasteiger partial charge is 0.457 e. The number of hydrogen-bond acceptors (Lipinski definition) is 5. The lowest BCUT2D eigenvalue weighted by molar-refractivity contribution is -0.133. The van der Waals surface area contributed by atoms with E-state index in [1.54, 1.807) is 29.7 Å². The van der Waals surface area contributed by atoms with Crippen molar-refractivity contribution in [2.24, 2.45) is 0 Å². The van der Waals surface area contributed by atoms with Crippen molar-refractivity contribution in [2.45, 2.75) is 36.6 Å². The third-order valence-corrected chi connectivity index (χ3v) is 7.05. The molecule has 7 nitrogen and oxygen atoms in total. The second-order valence-corrected chi connectivity index (χ2v) is 9.29. The van der Waals surface area contributed by atoms with Gasteiger partial charge in [0.15, 0.2) is 0 Å². The normalized spacial score (nSPS) is 18.3. The molecule has 150 valence electrons. The van der Waals surface area contributed by atoms with E-state index >= 15 is 0 Å². The summed E-state index contributed by atoms with van der Waals surface area (Å²) in [6, 6.07) is 12.4. The summed E-state index contributed by atoms with van der Waals surface area (Å²) < 4.78 is 34.0. The van der Waals surface area contributed by atoms with Gasteiger partial charge in [-0.3, -0.25) is 10.0 Å². The molecule has 2 aromatic carbocycles. The lowest BCUT2D eigenvalue weighted by atomic mass is 10.1. The van der Waals surface area contributed by atoms with Crippen LogP contribution < -0.4 is 10.2 Å². The summed E-state index contributed by atoms with van der Waals surface area (Å²) in [6.45, 7) is 0.234. The van der Waals surface area contributed by atoms with Gasteiger partial charge in [-0.2, -0.15) is 4.31 Å². The van der Waals surface area contributed by atoms with E-state index in [1.165, 1.54) is 16.4 Å². The zero-order chi connectivity index (χ0) is 20.1. The van der Waals surface area contributed by atoms with Gasteiger partial charge in [-0.1, -0.05) is 28.8 Å². The van der Waals surface area contributed by atoms with E-state index < -0.39 is 22.0 Å². The van der Waals surface area contributed by atoms with Crippen LogP contribution in [0.3, 0.4) is 0 Å². The van der Waals surface area contributed by atoms with E-state index in [9.17, 15) is 13.2 Å². The van der Waals surface area contributed by atoms with Crippen molar-refractivity contribution in [1.82, 2.24) is 9.79 Å². The lowest BCUT2D eigenvalue weighted by Gasteiger charge is -2.27. The molecule has 3 rings (SSSR count). The highest BCUT2D eigenvalue weighted by molar-refractivity contribution is 9.10. The van der Waals surface area contributed by atoms with E-state index in [1.807, 2.05) is 12.1 Å². The number of ether oxygens (including phenoxy) is 1. The summed E-state index contributed by atoms with van der Waals surface area (Å²) in [7, 11) is -3.89. The standard InChI is InChI=1S/C19H21BrN2O5S/c20-14-5-7-15(8-6-14)27-16-9-11-17(12-10-16)28(25,26)22-13-3-1-2-4-18(22)19(23)21-24/h5-12,18,24H,1-4,13H2,(H,21,23)/t18-/m1/s1. The first-order valence-corrected chi connectivity index (χ1v) is 11.1. The number of nitrogens with zero attached hydrogens (tertiary/aromatic N) is 1. The van der Waals surface area contributed by atoms with Crippen molar-refractivity contribution in [3.05, 3.63) is 53.0 Å². The van der Waals surface area contributed by atoms with Crippen LogP contribution in [0.15, 0.2) is 57.9 Å². The van der Waals surface area contributed by atoms with E-state index in [2.05, 4.69) is 15.9 Å². The summed E-state index contributed by atoms with van der Waals surface area (Å²) in [4.78, 5) is 12.1. The van der Waals surface area contributed by atoms with Crippen LogP contribution in [-0.2, 0) is 14.8 Å². The van der Waals surface area contributed by atoms with Crippen molar-refractivity contribution in [2.75, 3.05) is 6.54 Å². The molecule has 1 aliphatic rings. The van der Waals surface area contributed by atoms with Crippen molar-refractivity contribution >= 4 is 31.9 Å². The first-order valence-electron chi connectivity index (χ1n) is 8.91. The van der Waals surface area contributed by atoms with Crippen LogP contribution in [0.5, 0.6) is 11.5 Å². The number of rotatable bonds is 5. The van der Waals surface area contributed by atoms with Gasteiger partial charge in [0.05, 0.1) is 4.90 Å². The van der Waals surface area contributed by atoms with Crippen LogP contribution >= 0.6 is 15.9 Å². The summed E-state index contributed by atoms with van der Waals surface area (Å²) >= 11 is 3.35. The van der Waals surface area contributed by atoms with E-state index in [0.29, 0.717) is 24.3 Å². The number of nitrogens with one attached hydrogen (secondary N) is 1. The average molecular weight is 469 g/mol. The average Bonchev–Trinajstić information content (AvgIpc) is 2.96. The Bertz CT molecular complexity index is 916. The highest BCUT2D eigenvalue weighted by atomic mass is 79.9. The molecule has 0 spiro atoms. The molecule has 0 bridgehead atoms. The van der Waals surface area contributed by atoms with Gasteiger partial charge in [-0.05, 0) is 61.4 Å². The molecular formula is C19H21BrN2O5S. The minimum Gasteiger partial charge on any atom is -0.457 e. The maximum Gasteiger partial charge on any atom is 0.261 e. The van der Waals surface area contributed by atoms with Gasteiger partial charge in [-0.15, -0.1) is 0 Å². The Labute approximate surface area is 172 Å². The van der Waals surface area contributed by atoms with Crippen LogP contribution in [0.1, 0.15) is 25.7 Å². The molecule has 28 heavy (non-hydrogen) atoms. The first kappa shape index (κ1) is 20.8. The van der Waals surface area contributed by atoms with Gasteiger partial charge in [0.25, 0.3) is 5.91 Å². The Morgan fingerprint density at radius 1 is 1.04 bits per heavy atom. The third-order valence-electron chi connectivity index (χ3n) is 4.60. The summed E-state index contributed by atoms with van der Waals surface area (Å²) in [5.41, 5.74) is 1.59. The minimum absolute atomic E-state index is 0.0771. The lowest BCUT2D eigenvalue weighted by Crippen LogP contribution is -2.48. The molecule has 9 heteroatoms. The quantitative estimate of drug-likeness (QED) is 0.515. The fourth-order valence-electron chi connectivity index (χ4n) is 3.16. The maximum atomic E-state index is 13.1. The molecule has 1 saturated heterocycles. The van der Waals surface area contributed by atoms with Crippen LogP contribution in [0.4, 0.5) is 0 Å². The summed E-state index contributed by atoms with van der Waals surface area (Å²) in [5.74, 6) is 0.425. The molecule has 2 aromatic rings. The van der Waals surface area contributed by atoms with Gasteiger partial charge >= 0.3 is 0 Å². The Kier molecular flexibility index (Phi) is 6.71. The Balaban J connectivity index is 1.82. The number of carbonyl (C=O) groups is 1. The summed E-state index contributed by atoms with van der Waals surface area (Å²) in [6.07, 6.45) is 2.60. The van der Waals surface area contributed by atoms with Crippen LogP contribution in [0.25, 0.3) is 0 Å². The number of benzene rings is 2. The number of amides is 1. The molecule has 0 aromatic heterocycles. The number of halogens is 1. The SMILES string of the molecule is O=C(NO)[C@H]1CCCCCN1S(=O)(=O)c1ccc(Oc2ccc(Br)cc2)cc1. The van der Waals surface area contributed by atoms with E-state index in [4.69, 9.17) is 9.94 Å². The van der Waals surface area contributed by atoms with Gasteiger partial charge in [0.2, 0.25) is 10.0 Å². The number of carbonyl (C=O) groups excluding carboxylic acids is 1. The molecule has 1 atom stereocenters. The molecule has 1 amide bonds. The number of hydroxylamine groups is 1. The monoisotopic (exact) mass is 468 g/mol. The molecule has 2 N–H and O–H groups in total. The highest BCUT2D eigenvalue weighted by Crippen LogP contribution is 2.28. The predicted octanol–water partition coefficient (Wildman–Crippen LogP) is 3.68. The molecule has 0 aliphatic carbocycles. The fourth-order valence-corrected chi connectivity index (χ4v) is 5.08. The highest BCUT2D eigenvalue weighted by Gasteiger charge is 2.36. The Hall–Kier alpha value is -1.94. The van der Waals surface area contributed by atoms with Crippen LogP contribution in [0, 0.1) is 0 Å². The first-order chi connectivity index (χ1) is 13.4. The molecule has 0 saturated carbocycles. The minimum atomic E-state index is -3.89. The Morgan fingerprint density at radius 2 is 1.64 bits per heavy atom. The summed E-state index contributed by atoms with van der Waals surface area (Å²) in [5, 5.41) is 8.99. The zero-order valence-electron chi connectivity index (χ0n) is 15.0. The molecular weight excluding hydrogens is 448 g/mol. The van der Waals surface area contributed by atoms with Crippen molar-refractivity contribution < 1.29 is 23.2 Å². The van der Waals surface area contributed by atoms with Gasteiger partial charge < -0.3 is 4.74 Å². The topological polar surface area (TPSA) is 95.9 Å². The number of hydrogen-bond donors (Lipinski definition) is 2. The zero-order valence-corrected chi connectivity index (χ0v) is 17.4. The predicted molar refractivity (Wildman–Crippen MR) is 107 cm³/mol. The van der Waals surface area contributed by atoms with Crippen molar-refractivity contribution in [1.29, 1.82) is 0 Å². The van der Waals surface area contributed by atoms with Crippen molar-refractivity contribution in [3.8, 4) is 11.5 Å². The van der Waals surface area contributed by atoms with E-state index in [0.717, 1.165) is 17.3 Å². The van der Waals surface area contributed by atoms with Gasteiger partial charge in [0.1, 0.15) is 17.5 Å². The Morgan fingerprint density at radius 3 is 2.25 bits per heavy atom. The fraction of sp³-hybridized carbons (Fsp3) is 0.316. The van der Waals surface area contributed by atoms with Crippen molar-refractivity contribution in [3.63, 3.8) is 0 Å². The van der Waals surface area contributed by atoms with E-state index in [-0.39, 0.29) is 11.4 Å². The second-order valence-electron chi connectivity index (χ2n) is 6.48. The molecule has 0 unspecified atom stereocenters. The molecule has 1 fully saturated rings.